The summed E-state index contributed by atoms with van der Waals surface area (Å²) in [7, 11) is 0. The van der Waals surface area contributed by atoms with Crippen LogP contribution in [0.2, 0.25) is 0 Å². The van der Waals surface area contributed by atoms with Crippen molar-refractivity contribution < 1.29 is 11.3 Å². The SMILES string of the molecule is [2H]c1c([2H])c([2H])c(-c2cccc3ccc4oc5c(N(c6ccc(-c7ccccc7)cc6)c6ccc(-c7ccccc7)cc6)cccc5c4c23)c([2H])c1[2H]. The molecular formula is C46H31NO. The van der Waals surface area contributed by atoms with Crippen LogP contribution in [-0.4, -0.2) is 0 Å². The molecule has 2 heteroatoms. The number of hydrogen-bond donors (Lipinski definition) is 0. The Balaban J connectivity index is 1.28. The second kappa shape index (κ2) is 11.8. The molecule has 0 saturated carbocycles. The highest BCUT2D eigenvalue weighted by molar-refractivity contribution is 6.24. The number of para-hydroxylation sites is 1. The zero-order valence-electron chi connectivity index (χ0n) is 30.9. The van der Waals surface area contributed by atoms with E-state index in [0.717, 1.165) is 60.9 Å². The van der Waals surface area contributed by atoms with E-state index in [2.05, 4.69) is 83.8 Å². The lowest BCUT2D eigenvalue weighted by Crippen LogP contribution is -2.10. The van der Waals surface area contributed by atoms with Crippen molar-refractivity contribution in [1.29, 1.82) is 0 Å². The Morgan fingerprint density at radius 3 is 1.65 bits per heavy atom. The zero-order valence-corrected chi connectivity index (χ0v) is 25.9. The average Bonchev–Trinajstić information content (AvgIpc) is 3.61. The number of benzene rings is 8. The molecule has 0 amide bonds. The average molecular weight is 619 g/mol. The van der Waals surface area contributed by atoms with Gasteiger partial charge in [0.2, 0.25) is 0 Å². The Morgan fingerprint density at radius 1 is 0.438 bits per heavy atom. The van der Waals surface area contributed by atoms with Gasteiger partial charge in [-0.1, -0.05) is 152 Å². The van der Waals surface area contributed by atoms with Gasteiger partial charge in [-0.05, 0) is 75.2 Å². The summed E-state index contributed by atoms with van der Waals surface area (Å²) in [6.45, 7) is 0. The number of furan rings is 1. The molecule has 0 fully saturated rings. The molecule has 0 N–H and O–H groups in total. The maximum atomic E-state index is 8.80. The number of rotatable bonds is 6. The fraction of sp³-hybridized carbons (Fsp3) is 0. The molecule has 0 spiro atoms. The van der Waals surface area contributed by atoms with Crippen LogP contribution in [0.25, 0.3) is 66.1 Å². The monoisotopic (exact) mass is 618 g/mol. The third kappa shape index (κ3) is 4.83. The van der Waals surface area contributed by atoms with Gasteiger partial charge < -0.3 is 9.32 Å². The molecule has 0 radical (unpaired) electrons. The Bertz CT molecular complexity index is 2700. The first kappa shape index (κ1) is 23.0. The minimum absolute atomic E-state index is 0.165. The highest BCUT2D eigenvalue weighted by Crippen LogP contribution is 2.45. The smallest absolute Gasteiger partial charge is 0.159 e. The topological polar surface area (TPSA) is 16.4 Å². The summed E-state index contributed by atoms with van der Waals surface area (Å²) >= 11 is 0. The largest absolute Gasteiger partial charge is 0.454 e. The Morgan fingerprint density at radius 2 is 1.02 bits per heavy atom. The molecule has 1 aromatic heterocycles. The molecule has 0 aliphatic carbocycles. The van der Waals surface area contributed by atoms with E-state index in [-0.39, 0.29) is 29.7 Å². The summed E-state index contributed by atoms with van der Waals surface area (Å²) in [6, 6.07) is 51.7. The van der Waals surface area contributed by atoms with Crippen molar-refractivity contribution in [2.75, 3.05) is 4.90 Å². The minimum atomic E-state index is -0.416. The number of nitrogens with zero attached hydrogens (tertiary/aromatic N) is 1. The molecular weight excluding hydrogens is 583 g/mol. The zero-order chi connectivity index (χ0) is 36.2. The van der Waals surface area contributed by atoms with Crippen molar-refractivity contribution in [3.63, 3.8) is 0 Å². The molecule has 0 aliphatic heterocycles. The van der Waals surface area contributed by atoms with Crippen LogP contribution in [0.1, 0.15) is 6.85 Å². The molecule has 226 valence electrons. The van der Waals surface area contributed by atoms with E-state index in [1.54, 1.807) is 0 Å². The van der Waals surface area contributed by atoms with E-state index in [0.29, 0.717) is 16.7 Å². The first-order valence-corrected chi connectivity index (χ1v) is 15.9. The molecule has 0 saturated heterocycles. The van der Waals surface area contributed by atoms with Crippen LogP contribution in [0.5, 0.6) is 0 Å². The van der Waals surface area contributed by atoms with E-state index in [1.165, 1.54) is 0 Å². The molecule has 0 aliphatic rings. The summed E-state index contributed by atoms with van der Waals surface area (Å²) in [4.78, 5) is 2.20. The van der Waals surface area contributed by atoms with Crippen molar-refractivity contribution in [3.05, 3.63) is 188 Å². The van der Waals surface area contributed by atoms with Crippen LogP contribution in [0.15, 0.2) is 192 Å². The van der Waals surface area contributed by atoms with Crippen molar-refractivity contribution in [2.45, 2.75) is 0 Å². The van der Waals surface area contributed by atoms with Gasteiger partial charge >= 0.3 is 0 Å². The van der Waals surface area contributed by atoms with Gasteiger partial charge in [0, 0.05) is 27.5 Å². The van der Waals surface area contributed by atoms with Crippen LogP contribution in [0, 0.1) is 0 Å². The standard InChI is InChI=1S/C46H31NO/c1-4-12-32(13-5-1)34-22-27-38(28-23-34)47(39-29-24-35(25-30-39)33-14-6-2-7-15-33)42-21-11-20-41-45-43(48-46(41)42)31-26-37-18-10-19-40(44(37)45)36-16-8-3-9-17-36/h1-31H/i3D,8D,9D,16D,17D. The highest BCUT2D eigenvalue weighted by atomic mass is 16.3. The fourth-order valence-corrected chi connectivity index (χ4v) is 6.71. The van der Waals surface area contributed by atoms with Gasteiger partial charge in [-0.3, -0.25) is 0 Å². The quantitative estimate of drug-likeness (QED) is 0.184. The fourth-order valence-electron chi connectivity index (χ4n) is 6.71. The third-order valence-electron chi connectivity index (χ3n) is 8.96. The number of anilines is 3. The van der Waals surface area contributed by atoms with Crippen LogP contribution in [0.4, 0.5) is 17.1 Å². The molecule has 48 heavy (non-hydrogen) atoms. The van der Waals surface area contributed by atoms with Crippen molar-refractivity contribution in [2.24, 2.45) is 0 Å². The maximum Gasteiger partial charge on any atom is 0.159 e. The van der Waals surface area contributed by atoms with Gasteiger partial charge in [0.15, 0.2) is 5.58 Å². The molecule has 9 aromatic rings. The van der Waals surface area contributed by atoms with Gasteiger partial charge in [-0.25, -0.2) is 0 Å². The van der Waals surface area contributed by atoms with Crippen LogP contribution in [-0.2, 0) is 0 Å². The summed E-state index contributed by atoms with van der Waals surface area (Å²) in [5.41, 5.74) is 9.28. The van der Waals surface area contributed by atoms with Gasteiger partial charge in [-0.2, -0.15) is 0 Å². The van der Waals surface area contributed by atoms with Gasteiger partial charge in [-0.15, -0.1) is 0 Å². The first-order chi connectivity index (χ1) is 25.9. The van der Waals surface area contributed by atoms with E-state index >= 15 is 0 Å². The van der Waals surface area contributed by atoms with E-state index in [1.807, 2.05) is 78.9 Å². The molecule has 9 rings (SSSR count). The Hall–Kier alpha value is -6.38. The molecule has 1 heterocycles. The number of fused-ring (bicyclic) bond motifs is 5. The van der Waals surface area contributed by atoms with Crippen molar-refractivity contribution in [3.8, 4) is 33.4 Å². The predicted octanol–water partition coefficient (Wildman–Crippen LogP) is 13.2. The summed E-state index contributed by atoms with van der Waals surface area (Å²) in [5, 5.41) is 3.32. The lowest BCUT2D eigenvalue weighted by molar-refractivity contribution is 0.669. The van der Waals surface area contributed by atoms with Crippen LogP contribution < -0.4 is 4.90 Å². The predicted molar refractivity (Wildman–Crippen MR) is 202 cm³/mol. The summed E-state index contributed by atoms with van der Waals surface area (Å²) < 4.78 is 49.3. The molecule has 0 atom stereocenters. The Kier molecular flexibility index (Phi) is 5.64. The summed E-state index contributed by atoms with van der Waals surface area (Å²) in [6.07, 6.45) is 0. The van der Waals surface area contributed by atoms with Gasteiger partial charge in [0.05, 0.1) is 12.5 Å². The van der Waals surface area contributed by atoms with E-state index in [9.17, 15) is 0 Å². The minimum Gasteiger partial charge on any atom is -0.454 e. The molecule has 8 aromatic carbocycles. The van der Waals surface area contributed by atoms with Crippen molar-refractivity contribution >= 4 is 49.8 Å². The second-order valence-corrected chi connectivity index (χ2v) is 11.8. The molecule has 2 nitrogen and oxygen atoms in total. The van der Waals surface area contributed by atoms with Gasteiger partial charge in [0.1, 0.15) is 5.58 Å². The number of hydrogen-bond acceptors (Lipinski definition) is 2. The van der Waals surface area contributed by atoms with E-state index < -0.39 is 6.04 Å². The second-order valence-electron chi connectivity index (χ2n) is 11.8. The lowest BCUT2D eigenvalue weighted by atomic mass is 9.94. The van der Waals surface area contributed by atoms with Crippen LogP contribution in [0.3, 0.4) is 0 Å². The van der Waals surface area contributed by atoms with Crippen LogP contribution >= 0.6 is 0 Å². The summed E-state index contributed by atoms with van der Waals surface area (Å²) in [5.74, 6) is 0. The highest BCUT2D eigenvalue weighted by Gasteiger charge is 2.21. The Labute approximate surface area is 286 Å². The lowest BCUT2D eigenvalue weighted by Gasteiger charge is -2.26. The normalized spacial score (nSPS) is 12.8. The molecule has 0 unspecified atom stereocenters. The van der Waals surface area contributed by atoms with Crippen molar-refractivity contribution in [1.82, 2.24) is 0 Å². The molecule has 0 bridgehead atoms. The third-order valence-corrected chi connectivity index (χ3v) is 8.96. The van der Waals surface area contributed by atoms with E-state index in [4.69, 9.17) is 11.3 Å². The first-order valence-electron chi connectivity index (χ1n) is 18.4. The van der Waals surface area contributed by atoms with Gasteiger partial charge in [0.25, 0.3) is 0 Å². The maximum absolute atomic E-state index is 8.80.